The third-order valence-electron chi connectivity index (χ3n) is 1.03. The van der Waals surface area contributed by atoms with Crippen LogP contribution in [-0.4, -0.2) is 11.0 Å². The molecule has 0 fully saturated rings. The summed E-state index contributed by atoms with van der Waals surface area (Å²) in [7, 11) is 0. The predicted octanol–water partition coefficient (Wildman–Crippen LogP) is 1.33. The van der Waals surface area contributed by atoms with Crippen molar-refractivity contribution in [3.05, 3.63) is 22.9 Å². The quantitative estimate of drug-likeness (QED) is 0.743. The highest BCUT2D eigenvalue weighted by molar-refractivity contribution is 9.10. The molecule has 2 amide bonds. The Bertz CT molecular complexity index is 276. The molecule has 11 heavy (non-hydrogen) atoms. The molecule has 58 valence electrons. The Morgan fingerprint density at radius 3 is 3.00 bits per heavy atom. The first-order chi connectivity index (χ1) is 5.20. The van der Waals surface area contributed by atoms with Crippen LogP contribution in [0.3, 0.4) is 0 Å². The van der Waals surface area contributed by atoms with Gasteiger partial charge < -0.3 is 11.1 Å². The summed E-state index contributed by atoms with van der Waals surface area (Å²) >= 11 is 3.21. The third-order valence-corrected chi connectivity index (χ3v) is 1.72. The number of pyridine rings is 1. The van der Waals surface area contributed by atoms with Crippen molar-refractivity contribution in [1.82, 2.24) is 4.98 Å². The van der Waals surface area contributed by atoms with Crippen LogP contribution in [0.1, 0.15) is 0 Å². The number of anilines is 1. The summed E-state index contributed by atoms with van der Waals surface area (Å²) in [5, 5.41) is 2.40. The van der Waals surface area contributed by atoms with E-state index in [-0.39, 0.29) is 0 Å². The second kappa shape index (κ2) is 3.34. The van der Waals surface area contributed by atoms with Crippen LogP contribution < -0.4 is 11.1 Å². The topological polar surface area (TPSA) is 68.0 Å². The van der Waals surface area contributed by atoms with Gasteiger partial charge in [-0.05, 0) is 22.0 Å². The molecule has 1 heterocycles. The normalized spacial score (nSPS) is 9.18. The minimum atomic E-state index is -0.598. The first-order valence-electron chi connectivity index (χ1n) is 2.86. The Balaban J connectivity index is 2.86. The Hall–Kier alpha value is -1.10. The van der Waals surface area contributed by atoms with E-state index < -0.39 is 6.03 Å². The summed E-state index contributed by atoms with van der Waals surface area (Å²) in [6.07, 6.45) is 3.12. The number of carbonyl (C=O) groups excluding carboxylic acids is 1. The molecule has 0 aliphatic carbocycles. The number of carbonyl (C=O) groups is 1. The molecule has 0 bridgehead atoms. The molecule has 0 aromatic carbocycles. The second-order valence-corrected chi connectivity index (χ2v) is 2.70. The molecular weight excluding hydrogens is 210 g/mol. The highest BCUT2D eigenvalue weighted by Gasteiger charge is 1.99. The fourth-order valence-electron chi connectivity index (χ4n) is 0.602. The summed E-state index contributed by atoms with van der Waals surface area (Å²) in [5.74, 6) is 0. The van der Waals surface area contributed by atoms with E-state index in [4.69, 9.17) is 5.73 Å². The molecule has 3 N–H and O–H groups in total. The molecule has 0 aliphatic heterocycles. The monoisotopic (exact) mass is 215 g/mol. The van der Waals surface area contributed by atoms with E-state index in [1.54, 1.807) is 12.3 Å². The number of primary amides is 1. The van der Waals surface area contributed by atoms with Gasteiger partial charge in [-0.15, -0.1) is 0 Å². The average molecular weight is 216 g/mol. The average Bonchev–Trinajstić information content (AvgIpc) is 1.93. The van der Waals surface area contributed by atoms with Gasteiger partial charge in [0.15, 0.2) is 0 Å². The van der Waals surface area contributed by atoms with Gasteiger partial charge in [-0.25, -0.2) is 4.79 Å². The van der Waals surface area contributed by atoms with E-state index >= 15 is 0 Å². The van der Waals surface area contributed by atoms with Gasteiger partial charge >= 0.3 is 6.03 Å². The van der Waals surface area contributed by atoms with Gasteiger partial charge in [0.2, 0.25) is 0 Å². The van der Waals surface area contributed by atoms with Crippen molar-refractivity contribution >= 4 is 27.6 Å². The van der Waals surface area contributed by atoms with Crippen LogP contribution >= 0.6 is 15.9 Å². The van der Waals surface area contributed by atoms with E-state index in [1.165, 1.54) is 6.20 Å². The third kappa shape index (κ3) is 2.19. The molecule has 4 nitrogen and oxygen atoms in total. The van der Waals surface area contributed by atoms with Crippen LogP contribution in [0, 0.1) is 0 Å². The molecule has 1 aromatic heterocycles. The molecule has 0 atom stereocenters. The lowest BCUT2D eigenvalue weighted by Crippen LogP contribution is -2.19. The van der Waals surface area contributed by atoms with Gasteiger partial charge in [-0.2, -0.15) is 0 Å². The number of amides is 2. The summed E-state index contributed by atoms with van der Waals surface area (Å²) in [6.45, 7) is 0. The Morgan fingerprint density at radius 1 is 1.73 bits per heavy atom. The number of urea groups is 1. The van der Waals surface area contributed by atoms with Crippen molar-refractivity contribution in [2.75, 3.05) is 5.32 Å². The van der Waals surface area contributed by atoms with E-state index in [2.05, 4.69) is 26.2 Å². The van der Waals surface area contributed by atoms with Crippen molar-refractivity contribution in [2.45, 2.75) is 0 Å². The summed E-state index contributed by atoms with van der Waals surface area (Å²) in [4.78, 5) is 14.2. The van der Waals surface area contributed by atoms with Crippen LogP contribution in [0.15, 0.2) is 22.9 Å². The van der Waals surface area contributed by atoms with E-state index in [9.17, 15) is 4.79 Å². The van der Waals surface area contributed by atoms with Gasteiger partial charge in [0.05, 0.1) is 11.9 Å². The second-order valence-electron chi connectivity index (χ2n) is 1.84. The minimum Gasteiger partial charge on any atom is -0.351 e. The molecule has 0 aliphatic rings. The van der Waals surface area contributed by atoms with Gasteiger partial charge in [0, 0.05) is 10.7 Å². The number of hydrogen-bond acceptors (Lipinski definition) is 2. The van der Waals surface area contributed by atoms with E-state index in [1.807, 2.05) is 0 Å². The zero-order valence-electron chi connectivity index (χ0n) is 5.54. The first-order valence-corrected chi connectivity index (χ1v) is 3.65. The molecule has 0 spiro atoms. The fourth-order valence-corrected chi connectivity index (χ4v) is 0.922. The SMILES string of the molecule is NC(=O)Nc1cnccc1Br. The smallest absolute Gasteiger partial charge is 0.316 e. The van der Waals surface area contributed by atoms with Crippen molar-refractivity contribution in [1.29, 1.82) is 0 Å². The molecule has 0 radical (unpaired) electrons. The lowest BCUT2D eigenvalue weighted by Gasteiger charge is -2.01. The van der Waals surface area contributed by atoms with Crippen LogP contribution in [0.2, 0.25) is 0 Å². The van der Waals surface area contributed by atoms with Crippen LogP contribution in [-0.2, 0) is 0 Å². The van der Waals surface area contributed by atoms with Crippen molar-refractivity contribution in [2.24, 2.45) is 5.73 Å². The number of nitrogens with zero attached hydrogens (tertiary/aromatic N) is 1. The van der Waals surface area contributed by atoms with Crippen LogP contribution in [0.5, 0.6) is 0 Å². The number of nitrogens with one attached hydrogen (secondary N) is 1. The lowest BCUT2D eigenvalue weighted by atomic mass is 10.4. The minimum absolute atomic E-state index is 0.569. The highest BCUT2D eigenvalue weighted by atomic mass is 79.9. The maximum atomic E-state index is 10.4. The molecular formula is C6H6BrN3O. The Kier molecular flexibility index (Phi) is 2.43. The van der Waals surface area contributed by atoms with Gasteiger partial charge in [0.25, 0.3) is 0 Å². The van der Waals surface area contributed by atoms with Gasteiger partial charge in [0.1, 0.15) is 0 Å². The van der Waals surface area contributed by atoms with E-state index in [0.29, 0.717) is 5.69 Å². The number of hydrogen-bond donors (Lipinski definition) is 2. The Labute approximate surface area is 71.9 Å². The fraction of sp³-hybridized carbons (Fsp3) is 0. The van der Waals surface area contributed by atoms with E-state index in [0.717, 1.165) is 4.47 Å². The number of aromatic nitrogens is 1. The van der Waals surface area contributed by atoms with Crippen molar-refractivity contribution in [3.8, 4) is 0 Å². The highest BCUT2D eigenvalue weighted by Crippen LogP contribution is 2.19. The summed E-state index contributed by atoms with van der Waals surface area (Å²) in [6, 6.07) is 1.12. The van der Waals surface area contributed by atoms with Crippen LogP contribution in [0.25, 0.3) is 0 Å². The maximum Gasteiger partial charge on any atom is 0.316 e. The Morgan fingerprint density at radius 2 is 2.45 bits per heavy atom. The molecule has 1 aromatic rings. The molecule has 1 rings (SSSR count). The number of rotatable bonds is 1. The molecule has 5 heteroatoms. The summed E-state index contributed by atoms with van der Waals surface area (Å²) < 4.78 is 0.756. The summed E-state index contributed by atoms with van der Waals surface area (Å²) in [5.41, 5.74) is 5.46. The first kappa shape index (κ1) is 8.00. The van der Waals surface area contributed by atoms with Crippen molar-refractivity contribution in [3.63, 3.8) is 0 Å². The predicted molar refractivity (Wildman–Crippen MR) is 45.1 cm³/mol. The zero-order valence-corrected chi connectivity index (χ0v) is 7.13. The number of halogens is 1. The molecule has 0 unspecified atom stereocenters. The molecule has 0 saturated carbocycles. The molecule has 0 saturated heterocycles. The van der Waals surface area contributed by atoms with Gasteiger partial charge in [-0.1, -0.05) is 0 Å². The standard InChI is InChI=1S/C6H6BrN3O/c7-4-1-2-9-3-5(4)10-6(8)11/h1-3H,(H3,8,10,11). The van der Waals surface area contributed by atoms with Crippen LogP contribution in [0.4, 0.5) is 10.5 Å². The zero-order chi connectivity index (χ0) is 8.27. The largest absolute Gasteiger partial charge is 0.351 e. The number of nitrogens with two attached hydrogens (primary N) is 1. The van der Waals surface area contributed by atoms with Crippen molar-refractivity contribution < 1.29 is 4.79 Å². The lowest BCUT2D eigenvalue weighted by molar-refractivity contribution is 0.259. The maximum absolute atomic E-state index is 10.4. The van der Waals surface area contributed by atoms with Gasteiger partial charge in [-0.3, -0.25) is 4.98 Å².